The molecule has 0 saturated carbocycles. The van der Waals surface area contributed by atoms with E-state index in [0.717, 1.165) is 6.54 Å². The number of rotatable bonds is 2. The van der Waals surface area contributed by atoms with Gasteiger partial charge in [0.2, 0.25) is 0 Å². The van der Waals surface area contributed by atoms with Crippen molar-refractivity contribution >= 4 is 10.9 Å². The third kappa shape index (κ3) is 1.58. The Kier molecular flexibility index (Phi) is 2.07. The molecule has 2 heteroatoms. The molecule has 0 radical (unpaired) electrons. The van der Waals surface area contributed by atoms with Gasteiger partial charge in [-0.2, -0.15) is 0 Å². The molecular weight excluding hydrogens is 160 g/mol. The monoisotopic (exact) mass is 174 g/mol. The number of hydrogen-bond donors (Lipinski definition) is 2. The third-order valence-corrected chi connectivity index (χ3v) is 2.20. The lowest BCUT2D eigenvalue weighted by Crippen LogP contribution is -2.04. The van der Waals surface area contributed by atoms with Crippen molar-refractivity contribution in [2.45, 2.75) is 13.5 Å². The summed E-state index contributed by atoms with van der Waals surface area (Å²) in [6.45, 7) is 3.01. The maximum absolute atomic E-state index is 3.37. The highest BCUT2D eigenvalue weighted by Gasteiger charge is 1.98. The fourth-order valence-corrected chi connectivity index (χ4v) is 1.59. The van der Waals surface area contributed by atoms with Crippen molar-refractivity contribution in [3.05, 3.63) is 35.5 Å². The summed E-state index contributed by atoms with van der Waals surface area (Å²) in [4.78, 5) is 3.37. The Morgan fingerprint density at radius 1 is 1.31 bits per heavy atom. The van der Waals surface area contributed by atoms with Crippen LogP contribution in [0.1, 0.15) is 11.3 Å². The minimum absolute atomic E-state index is 0.897. The molecule has 0 amide bonds. The van der Waals surface area contributed by atoms with Gasteiger partial charge in [-0.05, 0) is 37.1 Å². The van der Waals surface area contributed by atoms with E-state index in [1.54, 1.807) is 0 Å². The highest BCUT2D eigenvalue weighted by atomic mass is 14.9. The standard InChI is InChI=1S/C11H14N2/c1-8-3-4-9-6-10(7-12-2)13-11(9)5-8/h3-6,12-13H,7H2,1-2H3. The number of H-pyrrole nitrogens is 1. The molecule has 0 saturated heterocycles. The van der Waals surface area contributed by atoms with Gasteiger partial charge in [-0.25, -0.2) is 0 Å². The quantitative estimate of drug-likeness (QED) is 0.717. The molecule has 0 aliphatic rings. The molecule has 1 aromatic heterocycles. The van der Waals surface area contributed by atoms with Crippen LogP contribution in [-0.4, -0.2) is 12.0 Å². The Balaban J connectivity index is 2.49. The first-order valence-electron chi connectivity index (χ1n) is 4.52. The Bertz CT molecular complexity index is 415. The van der Waals surface area contributed by atoms with Gasteiger partial charge >= 0.3 is 0 Å². The lowest BCUT2D eigenvalue weighted by Gasteiger charge is -1.92. The van der Waals surface area contributed by atoms with Crippen molar-refractivity contribution in [1.82, 2.24) is 10.3 Å². The Labute approximate surface area is 78.0 Å². The lowest BCUT2D eigenvalue weighted by molar-refractivity contribution is 0.800. The van der Waals surface area contributed by atoms with Crippen molar-refractivity contribution in [2.75, 3.05) is 7.05 Å². The summed E-state index contributed by atoms with van der Waals surface area (Å²) in [5.74, 6) is 0. The Morgan fingerprint density at radius 3 is 2.92 bits per heavy atom. The summed E-state index contributed by atoms with van der Waals surface area (Å²) in [5.41, 5.74) is 3.76. The number of benzene rings is 1. The van der Waals surface area contributed by atoms with Gasteiger partial charge in [-0.3, -0.25) is 0 Å². The van der Waals surface area contributed by atoms with E-state index in [9.17, 15) is 0 Å². The van der Waals surface area contributed by atoms with Crippen LogP contribution in [0.3, 0.4) is 0 Å². The van der Waals surface area contributed by atoms with Crippen molar-refractivity contribution in [3.63, 3.8) is 0 Å². The van der Waals surface area contributed by atoms with E-state index in [4.69, 9.17) is 0 Å². The zero-order valence-electron chi connectivity index (χ0n) is 8.02. The summed E-state index contributed by atoms with van der Waals surface area (Å²) in [5, 5.41) is 4.42. The number of aromatic nitrogens is 1. The van der Waals surface area contributed by atoms with E-state index < -0.39 is 0 Å². The molecule has 1 heterocycles. The van der Waals surface area contributed by atoms with E-state index in [0.29, 0.717) is 0 Å². The first-order valence-corrected chi connectivity index (χ1v) is 4.52. The predicted molar refractivity (Wildman–Crippen MR) is 55.8 cm³/mol. The largest absolute Gasteiger partial charge is 0.357 e. The molecule has 2 aromatic rings. The zero-order valence-corrected chi connectivity index (χ0v) is 8.02. The van der Waals surface area contributed by atoms with Gasteiger partial charge in [-0.1, -0.05) is 12.1 Å². The predicted octanol–water partition coefficient (Wildman–Crippen LogP) is 2.20. The number of aryl methyl sites for hydroxylation is 1. The summed E-state index contributed by atoms with van der Waals surface area (Å²) in [6.07, 6.45) is 0. The molecule has 2 rings (SSSR count). The number of aromatic amines is 1. The molecular formula is C11H14N2. The van der Waals surface area contributed by atoms with Crippen LogP contribution in [0, 0.1) is 6.92 Å². The molecule has 0 unspecified atom stereocenters. The topological polar surface area (TPSA) is 27.8 Å². The van der Waals surface area contributed by atoms with Gasteiger partial charge in [0.25, 0.3) is 0 Å². The van der Waals surface area contributed by atoms with Gasteiger partial charge in [0.15, 0.2) is 0 Å². The first kappa shape index (κ1) is 8.32. The summed E-state index contributed by atoms with van der Waals surface area (Å²) < 4.78 is 0. The van der Waals surface area contributed by atoms with Crippen LogP contribution in [0.25, 0.3) is 10.9 Å². The van der Waals surface area contributed by atoms with Crippen molar-refractivity contribution < 1.29 is 0 Å². The highest BCUT2D eigenvalue weighted by molar-refractivity contribution is 5.80. The number of nitrogens with one attached hydrogen (secondary N) is 2. The first-order chi connectivity index (χ1) is 6.29. The molecule has 68 valence electrons. The minimum atomic E-state index is 0.897. The van der Waals surface area contributed by atoms with Crippen LogP contribution in [0.2, 0.25) is 0 Å². The van der Waals surface area contributed by atoms with E-state index in [2.05, 4.69) is 41.5 Å². The molecule has 0 bridgehead atoms. The fourth-order valence-electron chi connectivity index (χ4n) is 1.59. The van der Waals surface area contributed by atoms with E-state index in [-0.39, 0.29) is 0 Å². The van der Waals surface area contributed by atoms with Crippen LogP contribution in [0.5, 0.6) is 0 Å². The molecule has 0 aliphatic heterocycles. The van der Waals surface area contributed by atoms with E-state index >= 15 is 0 Å². The molecule has 1 aromatic carbocycles. The summed E-state index contributed by atoms with van der Waals surface area (Å²) in [6, 6.07) is 8.65. The van der Waals surface area contributed by atoms with Crippen LogP contribution in [-0.2, 0) is 6.54 Å². The van der Waals surface area contributed by atoms with Crippen LogP contribution >= 0.6 is 0 Å². The molecule has 0 aliphatic carbocycles. The van der Waals surface area contributed by atoms with Gasteiger partial charge < -0.3 is 10.3 Å². The Morgan fingerprint density at radius 2 is 2.15 bits per heavy atom. The molecule has 0 spiro atoms. The van der Waals surface area contributed by atoms with E-state index in [1.807, 2.05) is 7.05 Å². The second kappa shape index (κ2) is 3.23. The van der Waals surface area contributed by atoms with Gasteiger partial charge in [0.1, 0.15) is 0 Å². The maximum atomic E-state index is 3.37. The van der Waals surface area contributed by atoms with Crippen LogP contribution < -0.4 is 5.32 Å². The lowest BCUT2D eigenvalue weighted by atomic mass is 10.2. The minimum Gasteiger partial charge on any atom is -0.357 e. The van der Waals surface area contributed by atoms with Gasteiger partial charge in [-0.15, -0.1) is 0 Å². The van der Waals surface area contributed by atoms with E-state index in [1.165, 1.54) is 22.2 Å². The smallest absolute Gasteiger partial charge is 0.0459 e. The number of fused-ring (bicyclic) bond motifs is 1. The Hall–Kier alpha value is -1.28. The van der Waals surface area contributed by atoms with Crippen molar-refractivity contribution in [1.29, 1.82) is 0 Å². The van der Waals surface area contributed by atoms with Crippen LogP contribution in [0.4, 0.5) is 0 Å². The number of hydrogen-bond acceptors (Lipinski definition) is 1. The average Bonchev–Trinajstić information content (AvgIpc) is 2.46. The second-order valence-corrected chi connectivity index (χ2v) is 3.42. The zero-order chi connectivity index (χ0) is 9.26. The molecule has 0 fully saturated rings. The summed E-state index contributed by atoms with van der Waals surface area (Å²) in [7, 11) is 1.96. The van der Waals surface area contributed by atoms with Gasteiger partial charge in [0, 0.05) is 17.8 Å². The highest BCUT2D eigenvalue weighted by Crippen LogP contribution is 2.16. The SMILES string of the molecule is CNCc1cc2ccc(C)cc2[nH]1. The third-order valence-electron chi connectivity index (χ3n) is 2.20. The molecule has 0 atom stereocenters. The van der Waals surface area contributed by atoms with Crippen molar-refractivity contribution in [3.8, 4) is 0 Å². The van der Waals surface area contributed by atoms with Crippen molar-refractivity contribution in [2.24, 2.45) is 0 Å². The fraction of sp³-hybridized carbons (Fsp3) is 0.273. The summed E-state index contributed by atoms with van der Waals surface area (Å²) >= 11 is 0. The van der Waals surface area contributed by atoms with Gasteiger partial charge in [0.05, 0.1) is 0 Å². The normalized spacial score (nSPS) is 10.9. The molecule has 2 nitrogen and oxygen atoms in total. The van der Waals surface area contributed by atoms with Crippen LogP contribution in [0.15, 0.2) is 24.3 Å². The molecule has 2 N–H and O–H groups in total. The molecule has 13 heavy (non-hydrogen) atoms. The maximum Gasteiger partial charge on any atom is 0.0459 e. The second-order valence-electron chi connectivity index (χ2n) is 3.42. The average molecular weight is 174 g/mol.